The number of likely N-dealkylation sites (N-methyl/N-ethyl adjacent to an activating group) is 2. The first-order valence-electron chi connectivity index (χ1n) is 9.38. The number of nitrogens with zero attached hydrogens (tertiary/aromatic N) is 2. The highest BCUT2D eigenvalue weighted by Crippen LogP contribution is 2.37. The van der Waals surface area contributed by atoms with E-state index in [1.807, 2.05) is 19.1 Å². The van der Waals surface area contributed by atoms with Crippen LogP contribution >= 0.6 is 0 Å². The molecule has 1 fully saturated rings. The van der Waals surface area contributed by atoms with Crippen LogP contribution in [0.3, 0.4) is 0 Å². The Hall–Kier alpha value is -1.75. The van der Waals surface area contributed by atoms with Gasteiger partial charge in [0.05, 0.1) is 5.41 Å². The van der Waals surface area contributed by atoms with Gasteiger partial charge in [-0.15, -0.1) is 0 Å². The monoisotopic (exact) mass is 347 g/mol. The molecule has 1 aliphatic rings. The first-order valence-corrected chi connectivity index (χ1v) is 9.38. The molecule has 2 rings (SSSR count). The van der Waals surface area contributed by atoms with Gasteiger partial charge in [-0.25, -0.2) is 0 Å². The van der Waals surface area contributed by atoms with Crippen LogP contribution in [0.5, 0.6) is 0 Å². The Kier molecular flexibility index (Phi) is 6.71. The highest BCUT2D eigenvalue weighted by atomic mass is 16.6. The predicted octanol–water partition coefficient (Wildman–Crippen LogP) is 3.15. The summed E-state index contributed by atoms with van der Waals surface area (Å²) in [6.45, 7) is 10.1. The minimum Gasteiger partial charge on any atom is -0.462 e. The van der Waals surface area contributed by atoms with Crippen LogP contribution in [0.2, 0.25) is 0 Å². The fraction of sp³-hybridized carbons (Fsp3) is 0.650. The zero-order chi connectivity index (χ0) is 18.4. The molecule has 1 heterocycles. The standard InChI is InChI=1S/C20H33N3O2/c1-5-20(3)15-18(25-19(20)24)11-12-22(4)13-14-23(6-2)17-9-7-16(21)8-10-17/h7-10,18H,5-6,11-15,21H2,1-4H3. The molecule has 2 unspecified atom stereocenters. The summed E-state index contributed by atoms with van der Waals surface area (Å²) in [6.07, 6.45) is 2.68. The van der Waals surface area contributed by atoms with E-state index in [4.69, 9.17) is 10.5 Å². The topological polar surface area (TPSA) is 58.8 Å². The molecule has 5 nitrogen and oxygen atoms in total. The van der Waals surface area contributed by atoms with Crippen molar-refractivity contribution in [2.24, 2.45) is 5.41 Å². The maximum atomic E-state index is 12.0. The van der Waals surface area contributed by atoms with Gasteiger partial charge in [0.2, 0.25) is 0 Å². The second-order valence-corrected chi connectivity index (χ2v) is 7.41. The van der Waals surface area contributed by atoms with Crippen LogP contribution in [0.1, 0.15) is 40.0 Å². The number of hydrogen-bond acceptors (Lipinski definition) is 5. The fourth-order valence-electron chi connectivity index (χ4n) is 3.29. The van der Waals surface area contributed by atoms with Gasteiger partial charge in [-0.1, -0.05) is 6.92 Å². The Bertz CT molecular complexity index is 561. The summed E-state index contributed by atoms with van der Waals surface area (Å²) in [5.41, 5.74) is 7.48. The van der Waals surface area contributed by atoms with Gasteiger partial charge in [0.25, 0.3) is 0 Å². The first-order chi connectivity index (χ1) is 11.9. The van der Waals surface area contributed by atoms with E-state index >= 15 is 0 Å². The van der Waals surface area contributed by atoms with Crippen molar-refractivity contribution in [3.8, 4) is 0 Å². The maximum absolute atomic E-state index is 12.0. The third-order valence-corrected chi connectivity index (χ3v) is 5.45. The number of carbonyl (C=O) groups is 1. The van der Waals surface area contributed by atoms with Crippen molar-refractivity contribution in [3.05, 3.63) is 24.3 Å². The van der Waals surface area contributed by atoms with Gasteiger partial charge in [-0.2, -0.15) is 0 Å². The van der Waals surface area contributed by atoms with E-state index in [9.17, 15) is 4.79 Å². The molecule has 5 heteroatoms. The molecule has 0 amide bonds. The molecule has 1 aliphatic heterocycles. The zero-order valence-electron chi connectivity index (χ0n) is 16.1. The number of carbonyl (C=O) groups excluding carboxylic acids is 1. The Morgan fingerprint density at radius 2 is 1.88 bits per heavy atom. The lowest BCUT2D eigenvalue weighted by Crippen LogP contribution is -2.34. The van der Waals surface area contributed by atoms with E-state index in [2.05, 4.69) is 42.8 Å². The van der Waals surface area contributed by atoms with Crippen molar-refractivity contribution < 1.29 is 9.53 Å². The fourth-order valence-corrected chi connectivity index (χ4v) is 3.29. The van der Waals surface area contributed by atoms with Crippen LogP contribution in [-0.2, 0) is 9.53 Å². The quantitative estimate of drug-likeness (QED) is 0.549. The SMILES string of the molecule is CCN(CCN(C)CCC1CC(C)(CC)C(=O)O1)c1ccc(N)cc1. The Morgan fingerprint density at radius 1 is 1.20 bits per heavy atom. The van der Waals surface area contributed by atoms with Crippen LogP contribution < -0.4 is 10.6 Å². The molecule has 0 aliphatic carbocycles. The molecule has 2 N–H and O–H groups in total. The van der Waals surface area contributed by atoms with Crippen molar-refractivity contribution in [2.75, 3.05) is 43.9 Å². The normalized spacial score (nSPS) is 23.1. The van der Waals surface area contributed by atoms with E-state index in [0.29, 0.717) is 0 Å². The van der Waals surface area contributed by atoms with Crippen molar-refractivity contribution in [1.29, 1.82) is 0 Å². The minimum absolute atomic E-state index is 0.0249. The Morgan fingerprint density at radius 3 is 2.44 bits per heavy atom. The van der Waals surface area contributed by atoms with Crippen molar-refractivity contribution >= 4 is 17.3 Å². The number of esters is 1. The average molecular weight is 348 g/mol. The summed E-state index contributed by atoms with van der Waals surface area (Å²) >= 11 is 0. The highest BCUT2D eigenvalue weighted by Gasteiger charge is 2.43. The smallest absolute Gasteiger partial charge is 0.312 e. The second kappa shape index (κ2) is 8.56. The van der Waals surface area contributed by atoms with Crippen LogP contribution in [0.25, 0.3) is 0 Å². The lowest BCUT2D eigenvalue weighted by molar-refractivity contribution is -0.148. The van der Waals surface area contributed by atoms with Gasteiger partial charge in [0, 0.05) is 44.0 Å². The number of nitrogen functional groups attached to an aromatic ring is 1. The van der Waals surface area contributed by atoms with Gasteiger partial charge in [-0.05, 0) is 58.0 Å². The van der Waals surface area contributed by atoms with Gasteiger partial charge < -0.3 is 20.3 Å². The highest BCUT2D eigenvalue weighted by molar-refractivity contribution is 5.78. The molecule has 0 radical (unpaired) electrons. The van der Waals surface area contributed by atoms with Gasteiger partial charge >= 0.3 is 5.97 Å². The van der Waals surface area contributed by atoms with Gasteiger partial charge in [0.15, 0.2) is 0 Å². The van der Waals surface area contributed by atoms with Gasteiger partial charge in [-0.3, -0.25) is 4.79 Å². The number of ether oxygens (including phenoxy) is 1. The molecule has 1 aromatic carbocycles. The number of rotatable bonds is 9. The van der Waals surface area contributed by atoms with E-state index in [1.165, 1.54) is 5.69 Å². The Balaban J connectivity index is 1.76. The van der Waals surface area contributed by atoms with E-state index < -0.39 is 0 Å². The number of hydrogen-bond donors (Lipinski definition) is 1. The lowest BCUT2D eigenvalue weighted by Gasteiger charge is -2.27. The molecule has 0 spiro atoms. The summed E-state index contributed by atoms with van der Waals surface area (Å²) in [6, 6.07) is 8.03. The van der Waals surface area contributed by atoms with Crippen molar-refractivity contribution in [3.63, 3.8) is 0 Å². The molecule has 2 atom stereocenters. The van der Waals surface area contributed by atoms with Crippen LogP contribution in [0.4, 0.5) is 11.4 Å². The molecule has 140 valence electrons. The predicted molar refractivity (Wildman–Crippen MR) is 104 cm³/mol. The molecule has 1 saturated heterocycles. The molecule has 0 bridgehead atoms. The van der Waals surface area contributed by atoms with Gasteiger partial charge in [0.1, 0.15) is 6.10 Å². The summed E-state index contributed by atoms with van der Waals surface area (Å²) in [4.78, 5) is 16.6. The third-order valence-electron chi connectivity index (χ3n) is 5.45. The molecule has 0 aromatic heterocycles. The van der Waals surface area contributed by atoms with Crippen LogP contribution in [0, 0.1) is 5.41 Å². The van der Waals surface area contributed by atoms with E-state index in [-0.39, 0.29) is 17.5 Å². The van der Waals surface area contributed by atoms with Crippen LogP contribution in [-0.4, -0.2) is 50.2 Å². The zero-order valence-corrected chi connectivity index (χ0v) is 16.1. The first kappa shape index (κ1) is 19.6. The second-order valence-electron chi connectivity index (χ2n) is 7.41. The number of cyclic esters (lactones) is 1. The minimum atomic E-state index is -0.280. The maximum Gasteiger partial charge on any atom is 0.312 e. The molecule has 25 heavy (non-hydrogen) atoms. The largest absolute Gasteiger partial charge is 0.462 e. The van der Waals surface area contributed by atoms with Crippen molar-refractivity contribution in [2.45, 2.75) is 46.1 Å². The molecule has 1 aromatic rings. The van der Waals surface area contributed by atoms with Crippen LogP contribution in [0.15, 0.2) is 24.3 Å². The number of anilines is 2. The molecular weight excluding hydrogens is 314 g/mol. The molecule has 0 saturated carbocycles. The van der Waals surface area contributed by atoms with E-state index in [1.54, 1.807) is 0 Å². The number of nitrogens with two attached hydrogens (primary N) is 1. The third kappa shape index (κ3) is 5.11. The Labute approximate surface area is 152 Å². The lowest BCUT2D eigenvalue weighted by atomic mass is 9.84. The summed E-state index contributed by atoms with van der Waals surface area (Å²) in [5.74, 6) is -0.0249. The summed E-state index contributed by atoms with van der Waals surface area (Å²) < 4.78 is 5.56. The summed E-state index contributed by atoms with van der Waals surface area (Å²) in [5, 5.41) is 0. The summed E-state index contributed by atoms with van der Waals surface area (Å²) in [7, 11) is 2.13. The molecular formula is C20H33N3O2. The number of benzene rings is 1. The average Bonchev–Trinajstić information content (AvgIpc) is 2.90. The van der Waals surface area contributed by atoms with E-state index in [0.717, 1.165) is 51.1 Å². The van der Waals surface area contributed by atoms with Crippen molar-refractivity contribution in [1.82, 2.24) is 4.90 Å².